The number of nitriles is 1. The van der Waals surface area contributed by atoms with Crippen molar-refractivity contribution in [1.82, 2.24) is 0 Å². The van der Waals surface area contributed by atoms with Gasteiger partial charge in [0.05, 0.1) is 10.6 Å². The summed E-state index contributed by atoms with van der Waals surface area (Å²) in [6.07, 6.45) is 2.27. The molecule has 1 N–H and O–H groups in total. The Bertz CT molecular complexity index is 679. The average Bonchev–Trinajstić information content (AvgIpc) is 2.45. The van der Waals surface area contributed by atoms with Crippen LogP contribution in [0.2, 0.25) is 5.02 Å². The van der Waals surface area contributed by atoms with E-state index in [-0.39, 0.29) is 0 Å². The summed E-state index contributed by atoms with van der Waals surface area (Å²) < 4.78 is 0. The second kappa shape index (κ2) is 5.79. The molecule has 0 heterocycles. The summed E-state index contributed by atoms with van der Waals surface area (Å²) in [6, 6.07) is 16.9. The summed E-state index contributed by atoms with van der Waals surface area (Å²) >= 11 is 5.95. The normalized spacial score (nSPS) is 20.4. The molecule has 1 saturated carbocycles. The van der Waals surface area contributed by atoms with E-state index < -0.39 is 0 Å². The van der Waals surface area contributed by atoms with Crippen molar-refractivity contribution in [1.29, 1.82) is 5.26 Å². The van der Waals surface area contributed by atoms with Gasteiger partial charge in [0.1, 0.15) is 6.07 Å². The second-order valence-corrected chi connectivity index (χ2v) is 6.13. The standard InChI is InChI=1S/C18H17ClN2/c1-12-2-4-13(5-3-12)14-8-17(9-14)21-16-6-7-18(19)15(10-16)11-20/h2-7,10,14,17,21H,8-9H2,1H3. The Morgan fingerprint density at radius 3 is 2.52 bits per heavy atom. The minimum absolute atomic E-state index is 0.476. The van der Waals surface area contributed by atoms with Gasteiger partial charge in [-0.3, -0.25) is 0 Å². The molecule has 2 aromatic rings. The zero-order valence-electron chi connectivity index (χ0n) is 11.9. The second-order valence-electron chi connectivity index (χ2n) is 5.73. The highest BCUT2D eigenvalue weighted by atomic mass is 35.5. The molecule has 3 rings (SSSR count). The van der Waals surface area contributed by atoms with Crippen LogP contribution in [-0.4, -0.2) is 6.04 Å². The lowest BCUT2D eigenvalue weighted by Gasteiger charge is -2.37. The Balaban J connectivity index is 1.60. The van der Waals surface area contributed by atoms with E-state index in [9.17, 15) is 0 Å². The van der Waals surface area contributed by atoms with Gasteiger partial charge in [0, 0.05) is 11.7 Å². The van der Waals surface area contributed by atoms with Crippen molar-refractivity contribution in [2.75, 3.05) is 5.32 Å². The molecule has 21 heavy (non-hydrogen) atoms. The highest BCUT2D eigenvalue weighted by Crippen LogP contribution is 2.38. The number of halogens is 1. The largest absolute Gasteiger partial charge is 0.382 e. The molecule has 0 bridgehead atoms. The van der Waals surface area contributed by atoms with Gasteiger partial charge in [-0.25, -0.2) is 0 Å². The van der Waals surface area contributed by atoms with Crippen LogP contribution in [0.25, 0.3) is 0 Å². The fourth-order valence-corrected chi connectivity index (χ4v) is 2.94. The van der Waals surface area contributed by atoms with Crippen LogP contribution in [0.15, 0.2) is 42.5 Å². The van der Waals surface area contributed by atoms with E-state index >= 15 is 0 Å². The zero-order valence-corrected chi connectivity index (χ0v) is 12.7. The van der Waals surface area contributed by atoms with E-state index in [4.69, 9.17) is 16.9 Å². The molecule has 0 amide bonds. The number of hydrogen-bond donors (Lipinski definition) is 1. The molecule has 0 saturated heterocycles. The topological polar surface area (TPSA) is 35.8 Å². The van der Waals surface area contributed by atoms with Crippen LogP contribution in [0.3, 0.4) is 0 Å². The molecule has 0 spiro atoms. The fraction of sp³-hybridized carbons (Fsp3) is 0.278. The van der Waals surface area contributed by atoms with E-state index in [0.717, 1.165) is 18.5 Å². The summed E-state index contributed by atoms with van der Waals surface area (Å²) in [5.41, 5.74) is 4.23. The lowest BCUT2D eigenvalue weighted by molar-refractivity contribution is 0.374. The van der Waals surface area contributed by atoms with Crippen LogP contribution in [-0.2, 0) is 0 Å². The third kappa shape index (κ3) is 3.04. The van der Waals surface area contributed by atoms with E-state index in [1.54, 1.807) is 6.07 Å². The van der Waals surface area contributed by atoms with Crippen molar-refractivity contribution < 1.29 is 0 Å². The molecular weight excluding hydrogens is 280 g/mol. The smallest absolute Gasteiger partial charge is 0.101 e. The Morgan fingerprint density at radius 2 is 1.86 bits per heavy atom. The van der Waals surface area contributed by atoms with Gasteiger partial charge >= 0.3 is 0 Å². The number of nitrogens with one attached hydrogen (secondary N) is 1. The minimum Gasteiger partial charge on any atom is -0.382 e. The summed E-state index contributed by atoms with van der Waals surface area (Å²) in [7, 11) is 0. The van der Waals surface area contributed by atoms with Gasteiger partial charge in [-0.15, -0.1) is 0 Å². The molecule has 0 unspecified atom stereocenters. The molecular formula is C18H17ClN2. The third-order valence-corrected chi connectivity index (χ3v) is 4.47. The van der Waals surface area contributed by atoms with Gasteiger partial charge < -0.3 is 5.32 Å². The maximum Gasteiger partial charge on any atom is 0.101 e. The lowest BCUT2D eigenvalue weighted by atomic mass is 9.75. The molecule has 1 aliphatic carbocycles. The summed E-state index contributed by atoms with van der Waals surface area (Å²) in [4.78, 5) is 0. The predicted octanol–water partition coefficient (Wildman–Crippen LogP) is 4.88. The van der Waals surface area contributed by atoms with Gasteiger partial charge in [-0.05, 0) is 49.4 Å². The Morgan fingerprint density at radius 1 is 1.14 bits per heavy atom. The number of hydrogen-bond acceptors (Lipinski definition) is 2. The lowest BCUT2D eigenvalue weighted by Crippen LogP contribution is -2.34. The fourth-order valence-electron chi connectivity index (χ4n) is 2.78. The van der Waals surface area contributed by atoms with E-state index in [2.05, 4.69) is 42.6 Å². The van der Waals surface area contributed by atoms with Crippen LogP contribution in [0, 0.1) is 18.3 Å². The minimum atomic E-state index is 0.476. The average molecular weight is 297 g/mol. The molecule has 0 atom stereocenters. The third-order valence-electron chi connectivity index (χ3n) is 4.14. The van der Waals surface area contributed by atoms with E-state index in [1.807, 2.05) is 12.1 Å². The van der Waals surface area contributed by atoms with Gasteiger partial charge in [0.25, 0.3) is 0 Å². The first-order valence-electron chi connectivity index (χ1n) is 7.18. The number of nitrogens with zero attached hydrogens (tertiary/aromatic N) is 1. The molecule has 0 aromatic heterocycles. The van der Waals surface area contributed by atoms with Gasteiger partial charge in [0.15, 0.2) is 0 Å². The van der Waals surface area contributed by atoms with Crippen LogP contribution < -0.4 is 5.32 Å². The van der Waals surface area contributed by atoms with E-state index in [0.29, 0.717) is 22.5 Å². The summed E-state index contributed by atoms with van der Waals surface area (Å²) in [6.45, 7) is 2.11. The summed E-state index contributed by atoms with van der Waals surface area (Å²) in [5.74, 6) is 0.644. The molecule has 1 fully saturated rings. The van der Waals surface area contributed by atoms with Crippen molar-refractivity contribution in [3.63, 3.8) is 0 Å². The number of benzene rings is 2. The van der Waals surface area contributed by atoms with E-state index in [1.165, 1.54) is 11.1 Å². The summed E-state index contributed by atoms with van der Waals surface area (Å²) in [5, 5.41) is 13.0. The predicted molar refractivity (Wildman–Crippen MR) is 86.7 cm³/mol. The first-order valence-corrected chi connectivity index (χ1v) is 7.56. The van der Waals surface area contributed by atoms with Gasteiger partial charge in [-0.2, -0.15) is 5.26 Å². The first-order chi connectivity index (χ1) is 10.2. The molecule has 0 aliphatic heterocycles. The van der Waals surface area contributed by atoms with Crippen LogP contribution in [0.1, 0.15) is 35.4 Å². The molecule has 3 heteroatoms. The maximum atomic E-state index is 9.00. The van der Waals surface area contributed by atoms with Gasteiger partial charge in [-0.1, -0.05) is 41.4 Å². The Hall–Kier alpha value is -1.98. The number of anilines is 1. The molecule has 1 aliphatic rings. The number of aryl methyl sites for hydroxylation is 1. The van der Waals surface area contributed by atoms with Crippen LogP contribution >= 0.6 is 11.6 Å². The molecule has 2 aromatic carbocycles. The molecule has 0 radical (unpaired) electrons. The van der Waals surface area contributed by atoms with Crippen molar-refractivity contribution in [2.24, 2.45) is 0 Å². The zero-order chi connectivity index (χ0) is 14.8. The van der Waals surface area contributed by atoms with Crippen molar-refractivity contribution in [2.45, 2.75) is 31.7 Å². The van der Waals surface area contributed by atoms with Gasteiger partial charge in [0.2, 0.25) is 0 Å². The molecule has 2 nitrogen and oxygen atoms in total. The van der Waals surface area contributed by atoms with Crippen molar-refractivity contribution >= 4 is 17.3 Å². The highest BCUT2D eigenvalue weighted by Gasteiger charge is 2.30. The molecule has 106 valence electrons. The Kier molecular flexibility index (Phi) is 3.86. The highest BCUT2D eigenvalue weighted by molar-refractivity contribution is 6.31. The first kappa shape index (κ1) is 14.0. The monoisotopic (exact) mass is 296 g/mol. The van der Waals surface area contributed by atoms with Crippen molar-refractivity contribution in [3.8, 4) is 6.07 Å². The van der Waals surface area contributed by atoms with Crippen LogP contribution in [0.5, 0.6) is 0 Å². The quantitative estimate of drug-likeness (QED) is 0.876. The number of rotatable bonds is 3. The Labute approximate surface area is 130 Å². The SMILES string of the molecule is Cc1ccc(C2CC(Nc3ccc(Cl)c(C#N)c3)C2)cc1. The van der Waals surface area contributed by atoms with Crippen LogP contribution in [0.4, 0.5) is 5.69 Å². The maximum absolute atomic E-state index is 9.00. The van der Waals surface area contributed by atoms with Crippen molar-refractivity contribution in [3.05, 3.63) is 64.2 Å².